The number of hydrogen-bond acceptors (Lipinski definition) is 1. The summed E-state index contributed by atoms with van der Waals surface area (Å²) < 4.78 is 39.0. The molecule has 1 aromatic carbocycles. The van der Waals surface area contributed by atoms with Crippen LogP contribution in [0.4, 0.5) is 13.2 Å². The Bertz CT molecular complexity index is 364. The van der Waals surface area contributed by atoms with Crippen LogP contribution in [0.15, 0.2) is 18.2 Å². The van der Waals surface area contributed by atoms with E-state index in [9.17, 15) is 13.2 Å². The lowest BCUT2D eigenvalue weighted by Crippen LogP contribution is -2.50. The molecule has 1 aromatic rings. The lowest BCUT2D eigenvalue weighted by Gasteiger charge is -2.32. The van der Waals surface area contributed by atoms with Crippen molar-refractivity contribution in [3.8, 4) is 0 Å². The molecule has 0 aliphatic rings. The molecule has 0 fully saturated rings. The van der Waals surface area contributed by atoms with Crippen LogP contribution in [0, 0.1) is 13.8 Å². The van der Waals surface area contributed by atoms with Crippen LogP contribution in [-0.4, -0.2) is 13.2 Å². The van der Waals surface area contributed by atoms with Gasteiger partial charge in [0, 0.05) is 0 Å². The first-order valence-corrected chi connectivity index (χ1v) is 5.05. The van der Waals surface area contributed by atoms with Gasteiger partial charge in [-0.25, -0.2) is 0 Å². The fourth-order valence-electron chi connectivity index (χ4n) is 1.71. The van der Waals surface area contributed by atoms with Crippen molar-refractivity contribution in [1.29, 1.82) is 0 Å². The van der Waals surface area contributed by atoms with Gasteiger partial charge in [-0.15, -0.1) is 0 Å². The highest BCUT2D eigenvalue weighted by molar-refractivity contribution is 5.34. The van der Waals surface area contributed by atoms with E-state index in [-0.39, 0.29) is 5.56 Å². The molecule has 90 valence electrons. The van der Waals surface area contributed by atoms with Gasteiger partial charge < -0.3 is 5.32 Å². The normalized spacial score (nSPS) is 15.9. The van der Waals surface area contributed by atoms with Crippen molar-refractivity contribution in [2.75, 3.05) is 7.05 Å². The van der Waals surface area contributed by atoms with Crippen LogP contribution in [0.2, 0.25) is 0 Å². The van der Waals surface area contributed by atoms with E-state index < -0.39 is 11.7 Å². The maximum Gasteiger partial charge on any atom is 0.410 e. The largest absolute Gasteiger partial charge is 0.410 e. The zero-order valence-corrected chi connectivity index (χ0v) is 9.87. The molecule has 0 saturated heterocycles. The number of rotatable bonds is 2. The second-order valence-corrected chi connectivity index (χ2v) is 4.25. The number of nitrogens with one attached hydrogen (secondary N) is 1. The summed E-state index contributed by atoms with van der Waals surface area (Å²) in [6.45, 7) is 4.74. The Morgan fingerprint density at radius 1 is 1.00 bits per heavy atom. The number of aryl methyl sites for hydroxylation is 2. The third-order valence-corrected chi connectivity index (χ3v) is 2.87. The molecule has 0 aliphatic heterocycles. The van der Waals surface area contributed by atoms with E-state index in [0.29, 0.717) is 0 Å². The minimum atomic E-state index is -4.32. The van der Waals surface area contributed by atoms with Crippen LogP contribution in [-0.2, 0) is 5.54 Å². The minimum absolute atomic E-state index is 0.250. The van der Waals surface area contributed by atoms with Gasteiger partial charge >= 0.3 is 6.18 Å². The predicted octanol–water partition coefficient (Wildman–Crippen LogP) is 3.30. The molecule has 0 spiro atoms. The van der Waals surface area contributed by atoms with Crippen LogP contribution in [0.1, 0.15) is 23.6 Å². The number of hydrogen-bond donors (Lipinski definition) is 1. The van der Waals surface area contributed by atoms with Gasteiger partial charge in [0.25, 0.3) is 0 Å². The van der Waals surface area contributed by atoms with Crippen LogP contribution in [0.3, 0.4) is 0 Å². The summed E-state index contributed by atoms with van der Waals surface area (Å²) in [5.74, 6) is 0. The summed E-state index contributed by atoms with van der Waals surface area (Å²) in [7, 11) is 1.32. The van der Waals surface area contributed by atoms with E-state index in [2.05, 4.69) is 5.32 Å². The van der Waals surface area contributed by atoms with E-state index in [4.69, 9.17) is 0 Å². The van der Waals surface area contributed by atoms with Gasteiger partial charge in [-0.05, 0) is 33.4 Å². The zero-order valence-electron chi connectivity index (χ0n) is 9.87. The molecule has 0 radical (unpaired) electrons. The highest BCUT2D eigenvalue weighted by Crippen LogP contribution is 2.38. The number of halogens is 3. The quantitative estimate of drug-likeness (QED) is 0.823. The van der Waals surface area contributed by atoms with Crippen LogP contribution in [0.5, 0.6) is 0 Å². The summed E-state index contributed by atoms with van der Waals surface area (Å²) in [5.41, 5.74) is -0.0782. The molecule has 0 heterocycles. The fourth-order valence-corrected chi connectivity index (χ4v) is 1.71. The van der Waals surface area contributed by atoms with Gasteiger partial charge in [0.05, 0.1) is 0 Å². The summed E-state index contributed by atoms with van der Waals surface area (Å²) in [4.78, 5) is 0. The monoisotopic (exact) mass is 231 g/mol. The second-order valence-electron chi connectivity index (χ2n) is 4.25. The van der Waals surface area contributed by atoms with Gasteiger partial charge in [-0.3, -0.25) is 0 Å². The standard InChI is InChI=1S/C12H16F3N/c1-8-5-9(2)7-10(6-8)11(3,16-4)12(13,14)15/h5-7,16H,1-4H3. The summed E-state index contributed by atoms with van der Waals surface area (Å²) in [6, 6.07) is 4.99. The molecule has 0 aliphatic carbocycles. The van der Waals surface area contributed by atoms with Crippen LogP contribution < -0.4 is 5.32 Å². The van der Waals surface area contributed by atoms with Gasteiger partial charge in [0.2, 0.25) is 0 Å². The molecular formula is C12H16F3N. The van der Waals surface area contributed by atoms with Gasteiger partial charge in [0.15, 0.2) is 0 Å². The van der Waals surface area contributed by atoms with Crippen molar-refractivity contribution in [1.82, 2.24) is 5.32 Å². The van der Waals surface area contributed by atoms with Crippen molar-refractivity contribution in [2.24, 2.45) is 0 Å². The van der Waals surface area contributed by atoms with Crippen molar-refractivity contribution in [3.05, 3.63) is 34.9 Å². The predicted molar refractivity (Wildman–Crippen MR) is 58.4 cm³/mol. The average molecular weight is 231 g/mol. The third-order valence-electron chi connectivity index (χ3n) is 2.87. The van der Waals surface area contributed by atoms with Gasteiger partial charge in [-0.2, -0.15) is 13.2 Å². The van der Waals surface area contributed by atoms with E-state index in [0.717, 1.165) is 18.1 Å². The zero-order chi connectivity index (χ0) is 12.6. The Morgan fingerprint density at radius 2 is 1.44 bits per heavy atom. The highest BCUT2D eigenvalue weighted by Gasteiger charge is 2.51. The van der Waals surface area contributed by atoms with Crippen molar-refractivity contribution in [2.45, 2.75) is 32.5 Å². The second kappa shape index (κ2) is 4.09. The molecule has 1 nitrogen and oxygen atoms in total. The molecule has 1 unspecified atom stereocenters. The van der Waals surface area contributed by atoms with Crippen molar-refractivity contribution in [3.63, 3.8) is 0 Å². The molecule has 1 rings (SSSR count). The molecule has 0 bridgehead atoms. The Morgan fingerprint density at radius 3 is 1.75 bits per heavy atom. The smallest absolute Gasteiger partial charge is 0.303 e. The Labute approximate surface area is 93.7 Å². The first-order chi connectivity index (χ1) is 7.20. The molecule has 4 heteroatoms. The minimum Gasteiger partial charge on any atom is -0.303 e. The Balaban J connectivity index is 3.34. The lowest BCUT2D eigenvalue weighted by atomic mass is 9.89. The van der Waals surface area contributed by atoms with E-state index >= 15 is 0 Å². The highest BCUT2D eigenvalue weighted by atomic mass is 19.4. The van der Waals surface area contributed by atoms with E-state index in [1.165, 1.54) is 7.05 Å². The summed E-state index contributed by atoms with van der Waals surface area (Å²) in [6.07, 6.45) is -4.32. The Hall–Kier alpha value is -1.03. The first kappa shape index (κ1) is 13.0. The number of alkyl halides is 3. The molecule has 0 aromatic heterocycles. The summed E-state index contributed by atoms with van der Waals surface area (Å²) >= 11 is 0. The molecule has 0 amide bonds. The van der Waals surface area contributed by atoms with Gasteiger partial charge in [-0.1, -0.05) is 29.3 Å². The average Bonchev–Trinajstić information content (AvgIpc) is 2.13. The van der Waals surface area contributed by atoms with Crippen LogP contribution >= 0.6 is 0 Å². The lowest BCUT2D eigenvalue weighted by molar-refractivity contribution is -0.193. The molecule has 16 heavy (non-hydrogen) atoms. The maximum absolute atomic E-state index is 13.0. The molecule has 0 saturated carbocycles. The van der Waals surface area contributed by atoms with Crippen molar-refractivity contribution < 1.29 is 13.2 Å². The summed E-state index contributed by atoms with van der Waals surface area (Å²) in [5, 5.41) is 2.36. The Kier molecular flexibility index (Phi) is 3.33. The topological polar surface area (TPSA) is 12.0 Å². The molecular weight excluding hydrogens is 215 g/mol. The van der Waals surface area contributed by atoms with Gasteiger partial charge in [0.1, 0.15) is 5.54 Å². The molecule has 1 atom stereocenters. The SMILES string of the molecule is CNC(C)(c1cc(C)cc(C)c1)C(F)(F)F. The third kappa shape index (κ3) is 2.21. The fraction of sp³-hybridized carbons (Fsp3) is 0.500. The van der Waals surface area contributed by atoms with Crippen molar-refractivity contribution >= 4 is 0 Å². The van der Waals surface area contributed by atoms with E-state index in [1.54, 1.807) is 26.0 Å². The van der Waals surface area contributed by atoms with Crippen LogP contribution in [0.25, 0.3) is 0 Å². The maximum atomic E-state index is 13.0. The number of benzene rings is 1. The molecule has 1 N–H and O–H groups in total. The van der Waals surface area contributed by atoms with E-state index in [1.807, 2.05) is 6.07 Å². The first-order valence-electron chi connectivity index (χ1n) is 5.05.